The van der Waals surface area contributed by atoms with Crippen molar-refractivity contribution in [3.8, 4) is 5.88 Å². The van der Waals surface area contributed by atoms with E-state index < -0.39 is 62.3 Å². The molecule has 0 bridgehead atoms. The van der Waals surface area contributed by atoms with Crippen LogP contribution in [0.25, 0.3) is 11.2 Å². The van der Waals surface area contributed by atoms with Gasteiger partial charge in [0.15, 0.2) is 17.4 Å². The number of aliphatic hydroxyl groups is 2. The van der Waals surface area contributed by atoms with Crippen molar-refractivity contribution in [1.82, 2.24) is 29.7 Å². The molecule has 16 nitrogen and oxygen atoms in total. The molecule has 2 aromatic rings. The Morgan fingerprint density at radius 2 is 1.56 bits per heavy atom. The molecule has 1 fully saturated rings. The summed E-state index contributed by atoms with van der Waals surface area (Å²) in [7, 11) is -4.30. The number of carbonyl (C=O) groups is 2. The summed E-state index contributed by atoms with van der Waals surface area (Å²) in [5.41, 5.74) is -1.24. The number of hydrogen-bond donors (Lipinski definition) is 4. The summed E-state index contributed by atoms with van der Waals surface area (Å²) < 4.78 is 44.4. The van der Waals surface area contributed by atoms with E-state index in [1.165, 1.54) is 17.8 Å². The van der Waals surface area contributed by atoms with Crippen LogP contribution in [-0.2, 0) is 32.9 Å². The first-order valence-corrected chi connectivity index (χ1v) is 18.1. The van der Waals surface area contributed by atoms with E-state index in [9.17, 15) is 24.4 Å². The number of nitrogens with zero attached hydrogens (tertiary/aromatic N) is 4. The molecule has 6 atom stereocenters. The van der Waals surface area contributed by atoms with Gasteiger partial charge < -0.3 is 33.7 Å². The number of hydrogen-bond acceptors (Lipinski definition) is 13. The van der Waals surface area contributed by atoms with Gasteiger partial charge in [-0.15, -0.1) is 0 Å². The van der Waals surface area contributed by atoms with E-state index in [1.54, 1.807) is 20.8 Å². The quantitative estimate of drug-likeness (QED) is 0.130. The first-order chi connectivity index (χ1) is 22.4. The maximum absolute atomic E-state index is 14.6. The second-order valence-electron chi connectivity index (χ2n) is 13.2. The number of nitrogens with one attached hydrogen (secondary N) is 2. The van der Waals surface area contributed by atoms with Crippen molar-refractivity contribution < 1.29 is 47.8 Å². The van der Waals surface area contributed by atoms with E-state index in [1.807, 2.05) is 41.5 Å². The monoisotopic (exact) mass is 700 g/mol. The van der Waals surface area contributed by atoms with Crippen LogP contribution in [0.3, 0.4) is 0 Å². The minimum Gasteiger partial charge on any atom is -0.473 e. The van der Waals surface area contributed by atoms with Gasteiger partial charge in [0.2, 0.25) is 5.88 Å². The average molecular weight is 701 g/mol. The van der Waals surface area contributed by atoms with Gasteiger partial charge in [0, 0.05) is 0 Å². The molecule has 0 aromatic carbocycles. The lowest BCUT2D eigenvalue weighted by Crippen LogP contribution is -2.47. The summed E-state index contributed by atoms with van der Waals surface area (Å²) in [6.07, 6.45) is -2.23. The van der Waals surface area contributed by atoms with Gasteiger partial charge in [0.25, 0.3) is 0 Å². The van der Waals surface area contributed by atoms with Crippen LogP contribution in [0.1, 0.15) is 87.2 Å². The van der Waals surface area contributed by atoms with E-state index in [0.717, 1.165) is 0 Å². The third-order valence-corrected chi connectivity index (χ3v) is 9.30. The largest absolute Gasteiger partial charge is 0.473 e. The molecule has 1 saturated heterocycles. The van der Waals surface area contributed by atoms with Gasteiger partial charge in [-0.25, -0.2) is 20.1 Å². The molecule has 0 amide bonds. The zero-order valence-corrected chi connectivity index (χ0v) is 30.5. The number of carbonyl (C=O) groups excluding carboxylic acids is 2. The van der Waals surface area contributed by atoms with Crippen LogP contribution in [0.4, 0.5) is 0 Å². The Labute approximate surface area is 282 Å². The SMILES string of the molecule is CCOC(=O)C(CC(C)C)NP(=O)(NC(CC(C)C)C(=O)OCC)OC[C@H]1O[C@@H](n2cnc3c(OC(C)C)nc(C)nc32)C(C)(O)[C@H]1O. The van der Waals surface area contributed by atoms with Crippen molar-refractivity contribution in [2.24, 2.45) is 11.8 Å². The van der Waals surface area contributed by atoms with E-state index in [0.29, 0.717) is 17.0 Å². The number of esters is 2. The van der Waals surface area contributed by atoms with E-state index in [4.69, 9.17) is 23.5 Å². The summed E-state index contributed by atoms with van der Waals surface area (Å²) >= 11 is 0. The van der Waals surface area contributed by atoms with Crippen LogP contribution in [0, 0.1) is 18.8 Å². The van der Waals surface area contributed by atoms with Crippen LogP contribution in [0.5, 0.6) is 5.88 Å². The molecule has 1 aliphatic rings. The molecule has 2 aromatic heterocycles. The first-order valence-electron chi connectivity index (χ1n) is 16.5. The number of aliphatic hydroxyl groups excluding tert-OH is 1. The smallest absolute Gasteiger partial charge is 0.342 e. The molecule has 1 aliphatic heterocycles. The van der Waals surface area contributed by atoms with Crippen molar-refractivity contribution in [3.63, 3.8) is 0 Å². The van der Waals surface area contributed by atoms with Gasteiger partial charge in [-0.2, -0.15) is 4.98 Å². The maximum Gasteiger partial charge on any atom is 0.342 e. The summed E-state index contributed by atoms with van der Waals surface area (Å²) in [4.78, 5) is 39.1. The van der Waals surface area contributed by atoms with E-state index in [2.05, 4.69) is 25.1 Å². The fraction of sp³-hybridized carbons (Fsp3) is 0.774. The predicted octanol–water partition coefficient (Wildman–Crippen LogP) is 3.19. The highest BCUT2D eigenvalue weighted by molar-refractivity contribution is 7.54. The Hall–Kier alpha value is -2.72. The Morgan fingerprint density at radius 1 is 1.02 bits per heavy atom. The molecule has 0 saturated carbocycles. The topological polar surface area (TPSA) is 205 Å². The summed E-state index contributed by atoms with van der Waals surface area (Å²) in [6, 6.07) is -2.11. The van der Waals surface area contributed by atoms with Crippen molar-refractivity contribution in [2.75, 3.05) is 19.8 Å². The van der Waals surface area contributed by atoms with E-state index >= 15 is 0 Å². The van der Waals surface area contributed by atoms with Gasteiger partial charge in [0.1, 0.15) is 35.7 Å². The number of aromatic nitrogens is 4. The Bertz CT molecular complexity index is 1400. The lowest BCUT2D eigenvalue weighted by molar-refractivity contribution is -0.146. The molecule has 48 heavy (non-hydrogen) atoms. The molecular weight excluding hydrogens is 647 g/mol. The number of aryl methyl sites for hydroxylation is 1. The maximum atomic E-state index is 14.6. The summed E-state index contributed by atoms with van der Waals surface area (Å²) in [6.45, 7) is 17.4. The van der Waals surface area contributed by atoms with Gasteiger partial charge >= 0.3 is 19.6 Å². The molecular formula is C31H53N6O10P. The average Bonchev–Trinajstić information content (AvgIpc) is 3.48. The van der Waals surface area contributed by atoms with Gasteiger partial charge in [-0.3, -0.25) is 18.7 Å². The number of ether oxygens (including phenoxy) is 4. The normalized spacial score (nSPS) is 23.9. The summed E-state index contributed by atoms with van der Waals surface area (Å²) in [5.74, 6) is -0.630. The highest BCUT2D eigenvalue weighted by Gasteiger charge is 2.54. The minimum atomic E-state index is -4.30. The highest BCUT2D eigenvalue weighted by atomic mass is 31.2. The Morgan fingerprint density at radius 3 is 2.04 bits per heavy atom. The van der Waals surface area contributed by atoms with Gasteiger partial charge in [0.05, 0.1) is 32.3 Å². The predicted molar refractivity (Wildman–Crippen MR) is 176 cm³/mol. The zero-order valence-electron chi connectivity index (χ0n) is 29.6. The van der Waals surface area contributed by atoms with Crippen molar-refractivity contribution in [2.45, 2.75) is 124 Å². The zero-order chi connectivity index (χ0) is 36.0. The second kappa shape index (κ2) is 16.8. The number of fused-ring (bicyclic) bond motifs is 1. The lowest BCUT2D eigenvalue weighted by Gasteiger charge is -2.30. The van der Waals surface area contributed by atoms with Gasteiger partial charge in [-0.05, 0) is 66.2 Å². The molecule has 272 valence electrons. The standard InChI is InChI=1S/C31H53N6O10P/c1-11-43-28(39)21(13-17(3)4)35-48(42,36-22(14-18(5)6)29(40)44-12-2)45-15-23-25(38)31(10,41)30(47-23)37-16-32-24-26(37)33-20(9)34-27(24)46-19(7)8/h16-19,21-23,25,30,38,41H,11-15H2,1-10H3,(H2,35,36,42)/t21?,22?,23-,25+,30-,31?,48?/m1/s1. The third kappa shape index (κ3) is 9.93. The van der Waals surface area contributed by atoms with Crippen molar-refractivity contribution >= 4 is 30.8 Å². The third-order valence-electron chi connectivity index (χ3n) is 7.48. The van der Waals surface area contributed by atoms with Crippen LogP contribution in [0.15, 0.2) is 6.33 Å². The molecule has 0 aliphatic carbocycles. The van der Waals surface area contributed by atoms with Gasteiger partial charge in [-0.1, -0.05) is 27.7 Å². The number of imidazole rings is 1. The van der Waals surface area contributed by atoms with Crippen LogP contribution < -0.4 is 14.9 Å². The van der Waals surface area contributed by atoms with E-state index in [-0.39, 0.29) is 49.9 Å². The fourth-order valence-corrected chi connectivity index (χ4v) is 7.20. The fourth-order valence-electron chi connectivity index (χ4n) is 5.38. The molecule has 3 unspecified atom stereocenters. The summed E-state index contributed by atoms with van der Waals surface area (Å²) in [5, 5.41) is 28.4. The van der Waals surface area contributed by atoms with Crippen LogP contribution in [-0.4, -0.2) is 97.5 Å². The minimum absolute atomic E-state index is 0.00313. The highest BCUT2D eigenvalue weighted by Crippen LogP contribution is 2.45. The first kappa shape index (κ1) is 39.7. The van der Waals surface area contributed by atoms with Crippen LogP contribution >= 0.6 is 7.67 Å². The van der Waals surface area contributed by atoms with Crippen molar-refractivity contribution in [3.05, 3.63) is 12.2 Å². The molecule has 3 rings (SSSR count). The molecule has 0 radical (unpaired) electrons. The second-order valence-corrected chi connectivity index (χ2v) is 15.1. The molecule has 3 heterocycles. The molecule has 17 heteroatoms. The van der Waals surface area contributed by atoms with Crippen LogP contribution in [0.2, 0.25) is 0 Å². The number of rotatable bonds is 18. The lowest BCUT2D eigenvalue weighted by atomic mass is 9.96. The molecule has 0 spiro atoms. The Balaban J connectivity index is 1.95. The van der Waals surface area contributed by atoms with Crippen molar-refractivity contribution in [1.29, 1.82) is 0 Å². The Kier molecular flexibility index (Phi) is 13.9. The molecule has 4 N–H and O–H groups in total.